The Labute approximate surface area is 144 Å². The molecule has 2 heteroatoms. The van der Waals surface area contributed by atoms with Gasteiger partial charge in [0.2, 0.25) is 0 Å². The van der Waals surface area contributed by atoms with Gasteiger partial charge in [0, 0.05) is 0 Å². The van der Waals surface area contributed by atoms with E-state index >= 15 is 0 Å². The standard InChI is InChI=1S/C21H30Si2/c1-15-9-11-17-19(13-15)22(5,6)18-12-10-16(21(2,3)4)14-20(18)23(17,7)8/h9-14H,1-8H3. The van der Waals surface area contributed by atoms with Crippen LogP contribution in [0.3, 0.4) is 0 Å². The quantitative estimate of drug-likeness (QED) is 0.647. The van der Waals surface area contributed by atoms with Gasteiger partial charge in [-0.15, -0.1) is 0 Å². The summed E-state index contributed by atoms with van der Waals surface area (Å²) in [5.41, 5.74) is 3.11. The van der Waals surface area contributed by atoms with Crippen LogP contribution in [0.25, 0.3) is 0 Å². The lowest BCUT2D eigenvalue weighted by Crippen LogP contribution is -2.78. The minimum absolute atomic E-state index is 0.221. The molecule has 0 aliphatic carbocycles. The highest BCUT2D eigenvalue weighted by Gasteiger charge is 2.44. The topological polar surface area (TPSA) is 0 Å². The summed E-state index contributed by atoms with van der Waals surface area (Å²) in [6.45, 7) is 19.3. The first-order valence-electron chi connectivity index (χ1n) is 8.73. The van der Waals surface area contributed by atoms with Gasteiger partial charge in [0.05, 0.1) is 0 Å². The highest BCUT2D eigenvalue weighted by atomic mass is 28.3. The number of hydrogen-bond acceptors (Lipinski definition) is 0. The monoisotopic (exact) mass is 338 g/mol. The second-order valence-corrected chi connectivity index (χ2v) is 18.0. The molecule has 0 atom stereocenters. The van der Waals surface area contributed by atoms with Crippen molar-refractivity contribution in [2.45, 2.75) is 59.3 Å². The number of rotatable bonds is 0. The van der Waals surface area contributed by atoms with E-state index < -0.39 is 16.1 Å². The third-order valence-corrected chi connectivity index (χ3v) is 13.3. The largest absolute Gasteiger partial charge is 0.111 e. The Morgan fingerprint density at radius 2 is 1.13 bits per heavy atom. The first-order chi connectivity index (χ1) is 10.5. The fourth-order valence-electron chi connectivity index (χ4n) is 4.08. The van der Waals surface area contributed by atoms with E-state index in [0.717, 1.165) is 0 Å². The van der Waals surface area contributed by atoms with Crippen molar-refractivity contribution in [1.82, 2.24) is 0 Å². The Hall–Kier alpha value is -1.13. The molecule has 0 aromatic heterocycles. The molecule has 0 saturated heterocycles. The maximum absolute atomic E-state index is 2.55. The number of aryl methyl sites for hydroxylation is 1. The fraction of sp³-hybridized carbons (Fsp3) is 0.429. The lowest BCUT2D eigenvalue weighted by Gasteiger charge is -2.42. The highest BCUT2D eigenvalue weighted by Crippen LogP contribution is 2.23. The molecule has 2 aromatic rings. The predicted molar refractivity (Wildman–Crippen MR) is 110 cm³/mol. The normalized spacial score (nSPS) is 18.3. The van der Waals surface area contributed by atoms with Gasteiger partial charge in [-0.3, -0.25) is 0 Å². The Bertz CT molecular complexity index is 777. The van der Waals surface area contributed by atoms with Crippen LogP contribution in [0, 0.1) is 6.92 Å². The molecule has 0 N–H and O–H groups in total. The smallest absolute Gasteiger partial charge is 0.0624 e. The second-order valence-electron chi connectivity index (χ2n) is 9.31. The molecular weight excluding hydrogens is 308 g/mol. The van der Waals surface area contributed by atoms with Crippen molar-refractivity contribution in [3.05, 3.63) is 47.5 Å². The lowest BCUT2D eigenvalue weighted by atomic mass is 9.87. The van der Waals surface area contributed by atoms with Crippen molar-refractivity contribution in [3.63, 3.8) is 0 Å². The summed E-state index contributed by atoms with van der Waals surface area (Å²) in [5.74, 6) is 0. The molecule has 1 aliphatic heterocycles. The van der Waals surface area contributed by atoms with E-state index in [0.29, 0.717) is 0 Å². The number of hydrogen-bond donors (Lipinski definition) is 0. The molecular formula is C21H30Si2. The second kappa shape index (κ2) is 4.93. The van der Waals surface area contributed by atoms with Crippen molar-refractivity contribution < 1.29 is 0 Å². The molecule has 0 nitrogen and oxygen atoms in total. The van der Waals surface area contributed by atoms with Gasteiger partial charge >= 0.3 is 0 Å². The average Bonchev–Trinajstić information content (AvgIpc) is 2.44. The molecule has 122 valence electrons. The van der Waals surface area contributed by atoms with Crippen LogP contribution in [-0.2, 0) is 5.41 Å². The molecule has 0 amide bonds. The van der Waals surface area contributed by atoms with Crippen LogP contribution in [0.15, 0.2) is 36.4 Å². The van der Waals surface area contributed by atoms with Crippen LogP contribution < -0.4 is 20.7 Å². The van der Waals surface area contributed by atoms with E-state index in [2.05, 4.69) is 90.3 Å². The van der Waals surface area contributed by atoms with Gasteiger partial charge < -0.3 is 0 Å². The maximum Gasteiger partial charge on any atom is 0.111 e. The molecule has 1 heterocycles. The van der Waals surface area contributed by atoms with Gasteiger partial charge in [-0.25, -0.2) is 0 Å². The van der Waals surface area contributed by atoms with E-state index in [1.54, 1.807) is 20.7 Å². The lowest BCUT2D eigenvalue weighted by molar-refractivity contribution is 0.591. The molecule has 0 fully saturated rings. The van der Waals surface area contributed by atoms with Crippen molar-refractivity contribution in [3.8, 4) is 0 Å². The van der Waals surface area contributed by atoms with Crippen molar-refractivity contribution in [2.24, 2.45) is 0 Å². The first-order valence-corrected chi connectivity index (χ1v) is 14.7. The molecule has 0 spiro atoms. The van der Waals surface area contributed by atoms with Gasteiger partial charge in [-0.05, 0) is 17.9 Å². The summed E-state index contributed by atoms with van der Waals surface area (Å²) in [5, 5.41) is 6.74. The molecule has 2 aromatic carbocycles. The Morgan fingerprint density at radius 1 is 0.652 bits per heavy atom. The maximum atomic E-state index is 2.55. The van der Waals surface area contributed by atoms with Crippen LogP contribution in [0.5, 0.6) is 0 Å². The summed E-state index contributed by atoms with van der Waals surface area (Å²) in [6, 6.07) is 14.7. The van der Waals surface area contributed by atoms with Crippen molar-refractivity contribution >= 4 is 36.9 Å². The molecule has 1 aliphatic rings. The molecule has 0 radical (unpaired) electrons. The summed E-state index contributed by atoms with van der Waals surface area (Å²) < 4.78 is 0. The summed E-state index contributed by atoms with van der Waals surface area (Å²) in [6.07, 6.45) is 0. The van der Waals surface area contributed by atoms with Crippen molar-refractivity contribution in [2.75, 3.05) is 0 Å². The van der Waals surface area contributed by atoms with Gasteiger partial charge in [0.25, 0.3) is 0 Å². The third kappa shape index (κ3) is 2.47. The van der Waals surface area contributed by atoms with Gasteiger partial charge in [-0.1, -0.05) is 110 Å². The SMILES string of the molecule is Cc1ccc2c(c1)[Si](C)(C)c1ccc(C(C)(C)C)cc1[Si]2(C)C. The Balaban J connectivity index is 2.34. The minimum atomic E-state index is -1.62. The van der Waals surface area contributed by atoms with Gasteiger partial charge in [0.1, 0.15) is 16.1 Å². The molecule has 0 saturated carbocycles. The van der Waals surface area contributed by atoms with Crippen LogP contribution >= 0.6 is 0 Å². The zero-order chi connectivity index (χ0) is 17.2. The minimum Gasteiger partial charge on any atom is -0.0624 e. The summed E-state index contributed by atoms with van der Waals surface area (Å²) in [7, 11) is -3.22. The first kappa shape index (κ1) is 16.7. The van der Waals surface area contributed by atoms with Crippen LogP contribution in [-0.4, -0.2) is 16.1 Å². The van der Waals surface area contributed by atoms with Crippen molar-refractivity contribution in [1.29, 1.82) is 0 Å². The summed E-state index contributed by atoms with van der Waals surface area (Å²) in [4.78, 5) is 0. The highest BCUT2D eigenvalue weighted by molar-refractivity contribution is 7.16. The van der Waals surface area contributed by atoms with Gasteiger partial charge in [0.15, 0.2) is 0 Å². The van der Waals surface area contributed by atoms with E-state index in [9.17, 15) is 0 Å². The molecule has 0 bridgehead atoms. The summed E-state index contributed by atoms with van der Waals surface area (Å²) >= 11 is 0. The van der Waals surface area contributed by atoms with E-state index in [4.69, 9.17) is 0 Å². The van der Waals surface area contributed by atoms with Gasteiger partial charge in [-0.2, -0.15) is 0 Å². The van der Waals surface area contributed by atoms with E-state index in [1.807, 2.05) is 0 Å². The Kier molecular flexibility index (Phi) is 3.59. The van der Waals surface area contributed by atoms with Crippen LogP contribution in [0.2, 0.25) is 26.2 Å². The Morgan fingerprint density at radius 3 is 1.65 bits per heavy atom. The number of benzene rings is 2. The third-order valence-electron chi connectivity index (χ3n) is 5.75. The molecule has 0 unspecified atom stereocenters. The molecule has 3 rings (SSSR count). The molecule has 23 heavy (non-hydrogen) atoms. The van der Waals surface area contributed by atoms with Crippen LogP contribution in [0.4, 0.5) is 0 Å². The average molecular weight is 339 g/mol. The predicted octanol–water partition coefficient (Wildman–Crippen LogP) is 3.25. The fourth-order valence-corrected chi connectivity index (χ4v) is 13.5. The van der Waals surface area contributed by atoms with E-state index in [1.165, 1.54) is 11.1 Å². The van der Waals surface area contributed by atoms with Crippen LogP contribution in [0.1, 0.15) is 31.9 Å². The zero-order valence-electron chi connectivity index (χ0n) is 16.0. The zero-order valence-corrected chi connectivity index (χ0v) is 18.0. The van der Waals surface area contributed by atoms with E-state index in [-0.39, 0.29) is 5.41 Å². The number of fused-ring (bicyclic) bond motifs is 2.